The van der Waals surface area contributed by atoms with E-state index >= 15 is 4.39 Å². The number of rotatable bonds is 6. The number of piperidine rings is 1. The van der Waals surface area contributed by atoms with Gasteiger partial charge in [-0.15, -0.1) is 0 Å². The first-order chi connectivity index (χ1) is 19.6. The molecule has 0 aliphatic carbocycles. The van der Waals surface area contributed by atoms with Crippen LogP contribution >= 0.6 is 0 Å². The molecule has 3 fully saturated rings. The molecule has 6 rings (SSSR count). The van der Waals surface area contributed by atoms with Crippen molar-refractivity contribution in [1.82, 2.24) is 9.47 Å². The van der Waals surface area contributed by atoms with E-state index < -0.39 is 11.4 Å². The zero-order valence-corrected chi connectivity index (χ0v) is 23.8. The number of nitrogens with zero attached hydrogens (tertiary/aromatic N) is 2. The number of pyridine rings is 1. The van der Waals surface area contributed by atoms with Crippen LogP contribution in [-0.2, 0) is 9.47 Å². The summed E-state index contributed by atoms with van der Waals surface area (Å²) >= 11 is 0. The van der Waals surface area contributed by atoms with Crippen molar-refractivity contribution in [2.45, 2.75) is 89.2 Å². The molecule has 3 aromatic rings. The summed E-state index contributed by atoms with van der Waals surface area (Å²) in [5.41, 5.74) is -0.378. The van der Waals surface area contributed by atoms with Gasteiger partial charge in [0.25, 0.3) is 5.56 Å². The van der Waals surface area contributed by atoms with Gasteiger partial charge in [-0.05, 0) is 88.2 Å². The second-order valence-corrected chi connectivity index (χ2v) is 12.3. The lowest BCUT2D eigenvalue weighted by molar-refractivity contribution is -0.00754. The summed E-state index contributed by atoms with van der Waals surface area (Å²) in [6.07, 6.45) is 6.34. The lowest BCUT2D eigenvalue weighted by atomic mass is 10.00. The van der Waals surface area contributed by atoms with Gasteiger partial charge in [0.1, 0.15) is 24.1 Å². The van der Waals surface area contributed by atoms with Gasteiger partial charge in [-0.25, -0.2) is 9.18 Å². The Balaban J connectivity index is 1.13. The minimum Gasteiger partial charge on any atom is -0.491 e. The van der Waals surface area contributed by atoms with E-state index in [9.17, 15) is 9.59 Å². The Kier molecular flexibility index (Phi) is 7.40. The van der Waals surface area contributed by atoms with Crippen LogP contribution in [0.5, 0.6) is 11.5 Å². The van der Waals surface area contributed by atoms with E-state index in [2.05, 4.69) is 0 Å². The normalized spacial score (nSPS) is 24.0. The molecule has 41 heavy (non-hydrogen) atoms. The summed E-state index contributed by atoms with van der Waals surface area (Å²) in [6.45, 7) is 6.84. The van der Waals surface area contributed by atoms with Crippen molar-refractivity contribution in [3.05, 3.63) is 64.8 Å². The first kappa shape index (κ1) is 27.6. The second kappa shape index (κ2) is 11.0. The van der Waals surface area contributed by atoms with E-state index in [1.54, 1.807) is 30.5 Å². The minimum absolute atomic E-state index is 0.0223. The highest BCUT2D eigenvalue weighted by Crippen LogP contribution is 2.38. The average molecular weight is 565 g/mol. The predicted octanol–water partition coefficient (Wildman–Crippen LogP) is 6.00. The Bertz CT molecular complexity index is 1480. The third-order valence-electron chi connectivity index (χ3n) is 8.12. The fourth-order valence-electron chi connectivity index (χ4n) is 6.23. The molecule has 4 atom stereocenters. The van der Waals surface area contributed by atoms with Gasteiger partial charge in [0.15, 0.2) is 11.6 Å². The maximum atomic E-state index is 15.3. The van der Waals surface area contributed by atoms with E-state index in [-0.39, 0.29) is 41.7 Å². The number of carbonyl (C=O) groups excluding carboxylic acids is 1. The fourth-order valence-corrected chi connectivity index (χ4v) is 6.23. The minimum atomic E-state index is -0.552. The van der Waals surface area contributed by atoms with Crippen LogP contribution in [0.25, 0.3) is 16.5 Å². The molecule has 1 aromatic heterocycles. The molecule has 2 aromatic carbocycles. The molecule has 0 saturated carbocycles. The van der Waals surface area contributed by atoms with Crippen LogP contribution < -0.4 is 15.0 Å². The van der Waals surface area contributed by atoms with Gasteiger partial charge < -0.3 is 23.8 Å². The summed E-state index contributed by atoms with van der Waals surface area (Å²) < 4.78 is 39.9. The van der Waals surface area contributed by atoms with Gasteiger partial charge >= 0.3 is 6.09 Å². The molecule has 3 aliphatic heterocycles. The topological polar surface area (TPSA) is 79.2 Å². The van der Waals surface area contributed by atoms with Crippen LogP contribution in [0.1, 0.15) is 59.3 Å². The van der Waals surface area contributed by atoms with E-state index in [1.165, 1.54) is 10.6 Å². The highest BCUT2D eigenvalue weighted by Gasteiger charge is 2.45. The lowest BCUT2D eigenvalue weighted by Crippen LogP contribution is -2.50. The molecular weight excluding hydrogens is 527 g/mol. The van der Waals surface area contributed by atoms with Crippen molar-refractivity contribution < 1.29 is 28.1 Å². The molecule has 3 saturated heterocycles. The number of hydrogen-bond donors (Lipinski definition) is 0. The number of halogens is 1. The average Bonchev–Trinajstić information content (AvgIpc) is 3.54. The largest absolute Gasteiger partial charge is 0.491 e. The zero-order chi connectivity index (χ0) is 28.7. The van der Waals surface area contributed by atoms with Crippen LogP contribution in [0.4, 0.5) is 9.18 Å². The lowest BCUT2D eigenvalue weighted by Gasteiger charge is -2.39. The molecule has 9 heteroatoms. The van der Waals surface area contributed by atoms with Crippen LogP contribution in [0.15, 0.2) is 53.5 Å². The van der Waals surface area contributed by atoms with Gasteiger partial charge in [0.05, 0.1) is 11.8 Å². The van der Waals surface area contributed by atoms with Gasteiger partial charge in [-0.3, -0.25) is 9.36 Å². The third kappa shape index (κ3) is 5.91. The number of amides is 1. The first-order valence-electron chi connectivity index (χ1n) is 14.5. The van der Waals surface area contributed by atoms with E-state index in [0.29, 0.717) is 36.3 Å². The van der Waals surface area contributed by atoms with Crippen molar-refractivity contribution in [3.63, 3.8) is 0 Å². The van der Waals surface area contributed by atoms with Crippen LogP contribution in [0.3, 0.4) is 0 Å². The monoisotopic (exact) mass is 564 g/mol. The molecule has 1 amide bonds. The van der Waals surface area contributed by atoms with Crippen LogP contribution in [0.2, 0.25) is 0 Å². The molecule has 0 N–H and O–H groups in total. The van der Waals surface area contributed by atoms with Crippen molar-refractivity contribution >= 4 is 16.9 Å². The first-order valence-corrected chi connectivity index (χ1v) is 14.5. The van der Waals surface area contributed by atoms with Crippen LogP contribution in [0, 0.1) is 5.82 Å². The molecule has 4 heterocycles. The zero-order valence-electron chi connectivity index (χ0n) is 23.8. The molecule has 0 radical (unpaired) electrons. The molecule has 8 nitrogen and oxygen atoms in total. The molecule has 3 aliphatic rings. The van der Waals surface area contributed by atoms with Crippen molar-refractivity contribution in [3.8, 4) is 17.2 Å². The van der Waals surface area contributed by atoms with Crippen molar-refractivity contribution in [1.29, 1.82) is 0 Å². The Morgan fingerprint density at radius 2 is 1.83 bits per heavy atom. The summed E-state index contributed by atoms with van der Waals surface area (Å²) in [7, 11) is 0. The van der Waals surface area contributed by atoms with Crippen LogP contribution in [-0.4, -0.2) is 58.7 Å². The van der Waals surface area contributed by atoms with Crippen molar-refractivity contribution in [2.75, 3.05) is 13.2 Å². The van der Waals surface area contributed by atoms with E-state index in [4.69, 9.17) is 18.9 Å². The summed E-state index contributed by atoms with van der Waals surface area (Å²) in [5.74, 6) is 0.295. The number of hydrogen-bond acceptors (Lipinski definition) is 6. The SMILES string of the molecule is CC(C)(C)OC(=O)N1[C@@H]2CC[C@H]1C[C@H](Oc1ccc(-n3ccc4cc(OC[C@H]5CCCO5)ccc4c3=O)cc1F)C2. The van der Waals surface area contributed by atoms with Gasteiger partial charge in [0, 0.05) is 49.2 Å². The van der Waals surface area contributed by atoms with Gasteiger partial charge in [-0.1, -0.05) is 0 Å². The molecule has 0 unspecified atom stereocenters. The summed E-state index contributed by atoms with van der Waals surface area (Å²) in [6, 6.07) is 11.8. The quantitative estimate of drug-likeness (QED) is 0.366. The standard InChI is InChI=1S/C32H37FN2O6/c1-32(2,3)41-31(37)35-22-6-7-23(35)17-26(16-22)40-29-11-8-21(18-28(29)33)34-13-12-20-15-24(9-10-27(20)30(34)36)39-19-25-5-4-14-38-25/h8-13,15,18,22-23,25-26H,4-7,14,16-17,19H2,1-3H3/t22-,23+,25-,26-/m1/s1. The summed E-state index contributed by atoms with van der Waals surface area (Å²) in [5, 5.41) is 1.27. The molecule has 2 bridgehead atoms. The highest BCUT2D eigenvalue weighted by atomic mass is 19.1. The van der Waals surface area contributed by atoms with Crippen molar-refractivity contribution in [2.24, 2.45) is 0 Å². The number of ether oxygens (including phenoxy) is 4. The number of benzene rings is 2. The Morgan fingerprint density at radius 1 is 1.05 bits per heavy atom. The maximum Gasteiger partial charge on any atom is 0.410 e. The molecule has 0 spiro atoms. The van der Waals surface area contributed by atoms with Gasteiger partial charge in [0.2, 0.25) is 0 Å². The Morgan fingerprint density at radius 3 is 2.51 bits per heavy atom. The predicted molar refractivity (Wildman–Crippen MR) is 153 cm³/mol. The second-order valence-electron chi connectivity index (χ2n) is 12.3. The number of aromatic nitrogens is 1. The number of carbonyl (C=O) groups is 1. The number of fused-ring (bicyclic) bond motifs is 3. The maximum absolute atomic E-state index is 15.3. The van der Waals surface area contributed by atoms with Gasteiger partial charge in [-0.2, -0.15) is 0 Å². The Labute approximate surface area is 238 Å². The van der Waals surface area contributed by atoms with E-state index in [0.717, 1.165) is 37.7 Å². The molecule has 218 valence electrons. The third-order valence-corrected chi connectivity index (χ3v) is 8.12. The smallest absolute Gasteiger partial charge is 0.410 e. The highest BCUT2D eigenvalue weighted by molar-refractivity contribution is 5.83. The fraction of sp³-hybridized carbons (Fsp3) is 0.500. The van der Waals surface area contributed by atoms with E-state index in [1.807, 2.05) is 37.8 Å². The summed E-state index contributed by atoms with van der Waals surface area (Å²) in [4.78, 5) is 27.9. The molecular formula is C32H37FN2O6. The Hall–Kier alpha value is -3.59.